The molecule has 0 aromatic heterocycles. The van der Waals surface area contributed by atoms with E-state index in [4.69, 9.17) is 10.5 Å². The van der Waals surface area contributed by atoms with Crippen molar-refractivity contribution in [2.75, 3.05) is 13.2 Å². The van der Waals surface area contributed by atoms with Crippen molar-refractivity contribution in [2.45, 2.75) is 13.0 Å². The van der Waals surface area contributed by atoms with Gasteiger partial charge in [-0.15, -0.1) is 0 Å². The molecule has 1 fully saturated rings. The molecule has 1 heterocycles. The highest BCUT2D eigenvalue weighted by Crippen LogP contribution is 2.34. The number of carbonyl (C=O) groups excluding carboxylic acids is 1. The van der Waals surface area contributed by atoms with Crippen molar-refractivity contribution in [3.8, 4) is 0 Å². The average Bonchev–Trinajstić information content (AvgIpc) is 2.66. The number of ether oxygens (including phenoxy) is 1. The summed E-state index contributed by atoms with van der Waals surface area (Å²) in [7, 11) is 0. The molecular formula is C12H12BrF2NO2. The van der Waals surface area contributed by atoms with Crippen molar-refractivity contribution < 1.29 is 18.3 Å². The van der Waals surface area contributed by atoms with E-state index in [0.29, 0.717) is 0 Å². The van der Waals surface area contributed by atoms with Gasteiger partial charge in [0.2, 0.25) is 0 Å². The fraction of sp³-hybridized carbons (Fsp3) is 0.417. The van der Waals surface area contributed by atoms with Crippen LogP contribution < -0.4 is 5.73 Å². The summed E-state index contributed by atoms with van der Waals surface area (Å²) in [6.45, 7) is 1.84. The Hall–Kier alpha value is -0.850. The minimum Gasteiger partial charge on any atom is -0.379 e. The molecule has 2 N–H and O–H groups in total. The second-order valence-electron chi connectivity index (χ2n) is 4.59. The molecule has 6 heteroatoms. The van der Waals surface area contributed by atoms with Gasteiger partial charge in [-0.3, -0.25) is 4.79 Å². The van der Waals surface area contributed by atoms with Crippen LogP contribution >= 0.6 is 15.9 Å². The number of nitrogens with two attached hydrogens (primary N) is 1. The van der Waals surface area contributed by atoms with Crippen molar-refractivity contribution >= 4 is 21.7 Å². The Balaban J connectivity index is 2.50. The smallest absolute Gasteiger partial charge is 0.178 e. The highest BCUT2D eigenvalue weighted by atomic mass is 79.9. The fourth-order valence-electron chi connectivity index (χ4n) is 1.94. The zero-order chi connectivity index (χ0) is 13.5. The Morgan fingerprint density at radius 3 is 2.78 bits per heavy atom. The minimum atomic E-state index is -1.09. The summed E-state index contributed by atoms with van der Waals surface area (Å²) in [5.41, 5.74) is 4.13. The van der Waals surface area contributed by atoms with E-state index >= 15 is 0 Å². The van der Waals surface area contributed by atoms with E-state index in [1.165, 1.54) is 6.07 Å². The lowest BCUT2D eigenvalue weighted by molar-refractivity contribution is 0.0758. The van der Waals surface area contributed by atoms with Crippen molar-refractivity contribution in [2.24, 2.45) is 11.1 Å². The highest BCUT2D eigenvalue weighted by molar-refractivity contribution is 9.10. The molecule has 1 aliphatic heterocycles. The SMILES string of the molecule is CC1(C(=O)c2c(F)ccc(Br)c2F)COCC1N. The Labute approximate surface area is 111 Å². The van der Waals surface area contributed by atoms with Gasteiger partial charge in [-0.05, 0) is 35.0 Å². The van der Waals surface area contributed by atoms with Gasteiger partial charge in [-0.2, -0.15) is 0 Å². The maximum Gasteiger partial charge on any atom is 0.178 e. The molecule has 0 spiro atoms. The molecule has 0 aliphatic carbocycles. The Morgan fingerprint density at radius 1 is 1.56 bits per heavy atom. The predicted octanol–water partition coefficient (Wildman–Crippen LogP) is 2.27. The molecule has 2 atom stereocenters. The highest BCUT2D eigenvalue weighted by Gasteiger charge is 2.46. The molecule has 0 radical (unpaired) electrons. The maximum absolute atomic E-state index is 13.9. The molecule has 0 amide bonds. The molecule has 98 valence electrons. The van der Waals surface area contributed by atoms with Crippen molar-refractivity contribution in [3.63, 3.8) is 0 Å². The molecule has 1 aromatic rings. The molecule has 1 saturated heterocycles. The molecule has 18 heavy (non-hydrogen) atoms. The van der Waals surface area contributed by atoms with E-state index < -0.39 is 34.4 Å². The summed E-state index contributed by atoms with van der Waals surface area (Å²) in [6, 6.07) is 1.70. The Bertz CT molecular complexity index is 509. The number of rotatable bonds is 2. The van der Waals surface area contributed by atoms with Gasteiger partial charge in [0.05, 0.1) is 28.7 Å². The fourth-order valence-corrected chi connectivity index (χ4v) is 2.27. The van der Waals surface area contributed by atoms with Gasteiger partial charge < -0.3 is 10.5 Å². The zero-order valence-electron chi connectivity index (χ0n) is 9.67. The van der Waals surface area contributed by atoms with E-state index in [-0.39, 0.29) is 17.7 Å². The normalized spacial score (nSPS) is 27.5. The molecule has 2 unspecified atom stereocenters. The first-order chi connectivity index (χ1) is 8.38. The summed E-state index contributed by atoms with van der Waals surface area (Å²) in [5, 5.41) is 0. The Morgan fingerprint density at radius 2 is 2.22 bits per heavy atom. The lowest BCUT2D eigenvalue weighted by Crippen LogP contribution is -2.45. The number of carbonyl (C=O) groups is 1. The molecule has 3 nitrogen and oxygen atoms in total. The van der Waals surface area contributed by atoms with E-state index in [9.17, 15) is 13.6 Å². The van der Waals surface area contributed by atoms with Crippen LogP contribution in [0.1, 0.15) is 17.3 Å². The van der Waals surface area contributed by atoms with Crippen LogP contribution in [-0.4, -0.2) is 25.0 Å². The number of Topliss-reactive ketones (excluding diaryl/α,β-unsaturated/α-hetero) is 1. The van der Waals surface area contributed by atoms with E-state index in [1.807, 2.05) is 0 Å². The van der Waals surface area contributed by atoms with Gasteiger partial charge in [0.15, 0.2) is 11.6 Å². The lowest BCUT2D eigenvalue weighted by atomic mass is 9.78. The van der Waals surface area contributed by atoms with Gasteiger partial charge in [0.25, 0.3) is 0 Å². The van der Waals surface area contributed by atoms with Gasteiger partial charge in [-0.1, -0.05) is 0 Å². The molecule has 0 bridgehead atoms. The van der Waals surface area contributed by atoms with Crippen LogP contribution in [0.15, 0.2) is 16.6 Å². The van der Waals surface area contributed by atoms with Crippen LogP contribution in [0.2, 0.25) is 0 Å². The van der Waals surface area contributed by atoms with E-state index in [0.717, 1.165) is 6.07 Å². The minimum absolute atomic E-state index is 0.0448. The maximum atomic E-state index is 13.9. The topological polar surface area (TPSA) is 52.3 Å². The molecular weight excluding hydrogens is 308 g/mol. The van der Waals surface area contributed by atoms with Gasteiger partial charge in [0, 0.05) is 6.04 Å². The summed E-state index contributed by atoms with van der Waals surface area (Å²) in [5.74, 6) is -2.45. The summed E-state index contributed by atoms with van der Waals surface area (Å²) in [6.07, 6.45) is 0. The van der Waals surface area contributed by atoms with Crippen LogP contribution in [0.25, 0.3) is 0 Å². The first kappa shape index (κ1) is 13.6. The van der Waals surface area contributed by atoms with Crippen molar-refractivity contribution in [3.05, 3.63) is 33.8 Å². The lowest BCUT2D eigenvalue weighted by Gasteiger charge is -2.25. The van der Waals surface area contributed by atoms with E-state index in [1.54, 1.807) is 6.92 Å². The zero-order valence-corrected chi connectivity index (χ0v) is 11.3. The molecule has 1 aliphatic rings. The average molecular weight is 320 g/mol. The van der Waals surface area contributed by atoms with Gasteiger partial charge in [-0.25, -0.2) is 8.78 Å². The third-order valence-electron chi connectivity index (χ3n) is 3.31. The summed E-state index contributed by atoms with van der Waals surface area (Å²) < 4.78 is 32.7. The number of ketones is 1. The predicted molar refractivity (Wildman–Crippen MR) is 65.3 cm³/mol. The molecule has 1 aromatic carbocycles. The second-order valence-corrected chi connectivity index (χ2v) is 5.44. The first-order valence-corrected chi connectivity index (χ1v) is 6.19. The number of hydrogen-bond donors (Lipinski definition) is 1. The van der Waals surface area contributed by atoms with Crippen molar-refractivity contribution in [1.29, 1.82) is 0 Å². The number of hydrogen-bond acceptors (Lipinski definition) is 3. The third-order valence-corrected chi connectivity index (χ3v) is 3.92. The van der Waals surface area contributed by atoms with Crippen LogP contribution in [0, 0.1) is 17.0 Å². The van der Waals surface area contributed by atoms with Crippen LogP contribution in [0.3, 0.4) is 0 Å². The van der Waals surface area contributed by atoms with Gasteiger partial charge in [0.1, 0.15) is 5.82 Å². The van der Waals surface area contributed by atoms with Crippen LogP contribution in [0.5, 0.6) is 0 Å². The van der Waals surface area contributed by atoms with Gasteiger partial charge >= 0.3 is 0 Å². The Kier molecular flexibility index (Phi) is 3.53. The summed E-state index contributed by atoms with van der Waals surface area (Å²) in [4.78, 5) is 12.3. The summed E-state index contributed by atoms with van der Waals surface area (Å²) >= 11 is 2.93. The van der Waals surface area contributed by atoms with E-state index in [2.05, 4.69) is 15.9 Å². The standard InChI is InChI=1S/C12H12BrF2NO2/c1-12(5-18-4-8(12)16)11(17)9-7(14)3-2-6(13)10(9)15/h2-3,8H,4-5,16H2,1H3. The largest absolute Gasteiger partial charge is 0.379 e. The molecule has 2 rings (SSSR count). The van der Waals surface area contributed by atoms with Crippen molar-refractivity contribution in [1.82, 2.24) is 0 Å². The first-order valence-electron chi connectivity index (χ1n) is 5.39. The quantitative estimate of drug-likeness (QED) is 0.672. The number of benzene rings is 1. The molecule has 0 saturated carbocycles. The second kappa shape index (κ2) is 4.68. The van der Waals surface area contributed by atoms with Crippen LogP contribution in [-0.2, 0) is 4.74 Å². The van der Waals surface area contributed by atoms with Crippen LogP contribution in [0.4, 0.5) is 8.78 Å². The third kappa shape index (κ3) is 1.98. The number of halogens is 3. The monoisotopic (exact) mass is 319 g/mol.